The summed E-state index contributed by atoms with van der Waals surface area (Å²) in [6.45, 7) is 0. The maximum atomic E-state index is 4.94. The molecular weight excluding hydrogens is 581 g/mol. The molecule has 0 unspecified atom stereocenters. The molecule has 8 rings (SSSR count). The maximum absolute atomic E-state index is 4.94. The van der Waals surface area contributed by atoms with Crippen LogP contribution in [0.3, 0.4) is 0 Å². The minimum atomic E-state index is 0.839. The third-order valence-corrected chi connectivity index (χ3v) is 9.17. The number of hydrogen-bond donors (Lipinski definition) is 0. The van der Waals surface area contributed by atoms with Crippen LogP contribution in [-0.4, -0.2) is 4.98 Å². The Labute approximate surface area is 282 Å². The van der Waals surface area contributed by atoms with Gasteiger partial charge in [-0.15, -0.1) is 0 Å². The second-order valence-electron chi connectivity index (χ2n) is 12.5. The number of anilines is 3. The molecule has 0 N–H and O–H groups in total. The third-order valence-electron chi connectivity index (χ3n) is 9.17. The molecule has 0 fully saturated rings. The van der Waals surface area contributed by atoms with Gasteiger partial charge in [0.15, 0.2) is 0 Å². The van der Waals surface area contributed by atoms with E-state index in [0.717, 1.165) is 47.4 Å². The normalized spacial score (nSPS) is 11.2. The van der Waals surface area contributed by atoms with E-state index in [2.05, 4.69) is 187 Å². The Hall–Kier alpha value is -5.99. The molecule has 48 heavy (non-hydrogen) atoms. The summed E-state index contributed by atoms with van der Waals surface area (Å²) in [5.74, 6) is 0. The van der Waals surface area contributed by atoms with Gasteiger partial charge in [-0.2, -0.15) is 0 Å². The van der Waals surface area contributed by atoms with E-state index in [1.54, 1.807) is 0 Å². The fourth-order valence-corrected chi connectivity index (χ4v) is 6.72. The molecular formula is C46H36N2. The molecule has 8 aromatic rings. The Morgan fingerprint density at radius 1 is 0.312 bits per heavy atom. The van der Waals surface area contributed by atoms with Gasteiger partial charge in [-0.05, 0) is 101 Å². The van der Waals surface area contributed by atoms with Gasteiger partial charge in [-0.3, -0.25) is 0 Å². The fourth-order valence-electron chi connectivity index (χ4n) is 6.72. The summed E-state index contributed by atoms with van der Waals surface area (Å²) in [5, 5.41) is 2.43. The Morgan fingerprint density at radius 3 is 1.06 bits per heavy atom. The van der Waals surface area contributed by atoms with Crippen LogP contribution >= 0.6 is 0 Å². The minimum Gasteiger partial charge on any atom is -0.311 e. The first-order chi connectivity index (χ1) is 23.8. The maximum Gasteiger partial charge on any atom is 0.0712 e. The Morgan fingerprint density at radius 2 is 0.646 bits per heavy atom. The molecule has 0 amide bonds. The van der Waals surface area contributed by atoms with Crippen LogP contribution in [0.2, 0.25) is 0 Å². The SMILES string of the molecule is c1ccc(Cc2ccc(N(c3ccc(Cc4ccccc4)cc3)c3ccc(Cc4c5ccccc5nc5ccccc45)cc3)cc2)cc1. The van der Waals surface area contributed by atoms with Gasteiger partial charge in [0.1, 0.15) is 0 Å². The van der Waals surface area contributed by atoms with Gasteiger partial charge in [0.2, 0.25) is 0 Å². The van der Waals surface area contributed by atoms with Crippen LogP contribution < -0.4 is 4.90 Å². The van der Waals surface area contributed by atoms with Crippen molar-refractivity contribution in [2.45, 2.75) is 19.3 Å². The van der Waals surface area contributed by atoms with E-state index in [-0.39, 0.29) is 0 Å². The molecule has 0 saturated carbocycles. The van der Waals surface area contributed by atoms with Crippen molar-refractivity contribution >= 4 is 38.9 Å². The average molecular weight is 617 g/mol. The highest BCUT2D eigenvalue weighted by Gasteiger charge is 2.15. The molecule has 0 saturated heterocycles. The van der Waals surface area contributed by atoms with Crippen molar-refractivity contribution in [3.05, 3.63) is 215 Å². The van der Waals surface area contributed by atoms with Crippen molar-refractivity contribution in [1.29, 1.82) is 0 Å². The highest BCUT2D eigenvalue weighted by Crippen LogP contribution is 2.36. The smallest absolute Gasteiger partial charge is 0.0712 e. The van der Waals surface area contributed by atoms with Crippen LogP contribution in [0, 0.1) is 0 Å². The van der Waals surface area contributed by atoms with Crippen molar-refractivity contribution in [2.75, 3.05) is 4.90 Å². The number of benzene rings is 7. The van der Waals surface area contributed by atoms with Crippen molar-refractivity contribution in [1.82, 2.24) is 4.98 Å². The first kappa shape index (κ1) is 29.4. The van der Waals surface area contributed by atoms with E-state index in [1.165, 1.54) is 44.2 Å². The first-order valence-corrected chi connectivity index (χ1v) is 16.7. The number of para-hydroxylation sites is 2. The molecule has 0 aliphatic rings. The molecule has 230 valence electrons. The second-order valence-corrected chi connectivity index (χ2v) is 12.5. The van der Waals surface area contributed by atoms with Gasteiger partial charge in [-0.1, -0.05) is 133 Å². The van der Waals surface area contributed by atoms with Crippen molar-refractivity contribution in [3.8, 4) is 0 Å². The lowest BCUT2D eigenvalue weighted by Gasteiger charge is -2.26. The van der Waals surface area contributed by atoms with Gasteiger partial charge in [0, 0.05) is 27.8 Å². The monoisotopic (exact) mass is 616 g/mol. The Balaban J connectivity index is 1.12. The second kappa shape index (κ2) is 13.4. The molecule has 0 spiro atoms. The highest BCUT2D eigenvalue weighted by molar-refractivity contribution is 5.97. The lowest BCUT2D eigenvalue weighted by atomic mass is 9.96. The highest BCUT2D eigenvalue weighted by atomic mass is 15.1. The molecule has 2 heteroatoms. The van der Waals surface area contributed by atoms with E-state index in [0.29, 0.717) is 0 Å². The number of aromatic nitrogens is 1. The average Bonchev–Trinajstić information content (AvgIpc) is 3.14. The van der Waals surface area contributed by atoms with E-state index in [4.69, 9.17) is 4.98 Å². The van der Waals surface area contributed by atoms with Crippen LogP contribution in [0.1, 0.15) is 33.4 Å². The van der Waals surface area contributed by atoms with Crippen molar-refractivity contribution in [2.24, 2.45) is 0 Å². The van der Waals surface area contributed by atoms with E-state index in [9.17, 15) is 0 Å². The molecule has 2 nitrogen and oxygen atoms in total. The summed E-state index contributed by atoms with van der Waals surface area (Å²) < 4.78 is 0. The number of rotatable bonds is 9. The molecule has 0 atom stereocenters. The summed E-state index contributed by atoms with van der Waals surface area (Å²) in [7, 11) is 0. The topological polar surface area (TPSA) is 16.1 Å². The van der Waals surface area contributed by atoms with Crippen LogP contribution in [0.4, 0.5) is 17.1 Å². The van der Waals surface area contributed by atoms with Gasteiger partial charge in [0.05, 0.1) is 11.0 Å². The Bertz CT molecular complexity index is 2140. The zero-order chi connectivity index (χ0) is 32.1. The summed E-state index contributed by atoms with van der Waals surface area (Å²) in [6.07, 6.45) is 2.68. The standard InChI is InChI=1S/C46H36N2/c1-3-11-34(12-4-1)31-36-19-25-39(26-20-36)48(40-27-21-37(22-28-40)32-35-13-5-2-6-14-35)41-29-23-38(24-30-41)33-44-42-15-7-9-17-45(42)47-46-18-10-8-16-43(44)46/h1-30H,31-33H2. The number of nitrogens with zero attached hydrogens (tertiary/aromatic N) is 2. The fraction of sp³-hybridized carbons (Fsp3) is 0.0652. The quantitative estimate of drug-likeness (QED) is 0.150. The third kappa shape index (κ3) is 6.34. The lowest BCUT2D eigenvalue weighted by molar-refractivity contribution is 1.17. The lowest BCUT2D eigenvalue weighted by Crippen LogP contribution is -2.10. The zero-order valence-electron chi connectivity index (χ0n) is 26.8. The molecule has 0 aliphatic carbocycles. The summed E-state index contributed by atoms with van der Waals surface area (Å²) in [6, 6.07) is 65.4. The molecule has 7 aromatic carbocycles. The molecule has 0 radical (unpaired) electrons. The minimum absolute atomic E-state index is 0.839. The van der Waals surface area contributed by atoms with Crippen molar-refractivity contribution in [3.63, 3.8) is 0 Å². The first-order valence-electron chi connectivity index (χ1n) is 16.7. The summed E-state index contributed by atoms with van der Waals surface area (Å²) in [5.41, 5.74) is 13.3. The molecule has 1 aromatic heterocycles. The van der Waals surface area contributed by atoms with Crippen LogP contribution in [0.5, 0.6) is 0 Å². The molecule has 0 bridgehead atoms. The largest absolute Gasteiger partial charge is 0.311 e. The summed E-state index contributed by atoms with van der Waals surface area (Å²) in [4.78, 5) is 7.30. The van der Waals surface area contributed by atoms with E-state index < -0.39 is 0 Å². The van der Waals surface area contributed by atoms with Gasteiger partial charge < -0.3 is 4.90 Å². The zero-order valence-corrected chi connectivity index (χ0v) is 26.8. The van der Waals surface area contributed by atoms with Crippen LogP contribution in [0.25, 0.3) is 21.8 Å². The van der Waals surface area contributed by atoms with E-state index >= 15 is 0 Å². The van der Waals surface area contributed by atoms with Gasteiger partial charge >= 0.3 is 0 Å². The van der Waals surface area contributed by atoms with Crippen LogP contribution in [-0.2, 0) is 19.3 Å². The molecule has 0 aliphatic heterocycles. The van der Waals surface area contributed by atoms with Crippen molar-refractivity contribution < 1.29 is 0 Å². The van der Waals surface area contributed by atoms with Gasteiger partial charge in [0.25, 0.3) is 0 Å². The number of pyridine rings is 1. The van der Waals surface area contributed by atoms with E-state index in [1.807, 2.05) is 0 Å². The predicted octanol–water partition coefficient (Wildman–Crippen LogP) is 11.6. The van der Waals surface area contributed by atoms with Gasteiger partial charge in [-0.25, -0.2) is 4.98 Å². The summed E-state index contributed by atoms with van der Waals surface area (Å²) >= 11 is 0. The molecule has 1 heterocycles. The predicted molar refractivity (Wildman–Crippen MR) is 202 cm³/mol. The number of hydrogen-bond acceptors (Lipinski definition) is 2. The Kier molecular flexibility index (Phi) is 8.21. The van der Waals surface area contributed by atoms with Crippen LogP contribution in [0.15, 0.2) is 182 Å². The number of fused-ring (bicyclic) bond motifs is 2.